The van der Waals surface area contributed by atoms with Crippen molar-refractivity contribution in [3.63, 3.8) is 0 Å². The Morgan fingerprint density at radius 3 is 2.75 bits per heavy atom. The summed E-state index contributed by atoms with van der Waals surface area (Å²) in [7, 11) is 0. The van der Waals surface area contributed by atoms with E-state index in [9.17, 15) is 9.90 Å². The molecule has 1 aromatic rings. The zero-order valence-corrected chi connectivity index (χ0v) is 13.4. The van der Waals surface area contributed by atoms with Gasteiger partial charge in [-0.2, -0.15) is 11.8 Å². The van der Waals surface area contributed by atoms with Crippen LogP contribution in [0, 0.1) is 0 Å². The average molecular weight is 318 g/mol. The lowest BCUT2D eigenvalue weighted by molar-refractivity contribution is -0.127. The first kappa shape index (κ1) is 17.1. The molecule has 0 saturated carbocycles. The largest absolute Gasteiger partial charge is 0.481 e. The molecule has 4 nitrogen and oxygen atoms in total. The third kappa shape index (κ3) is 5.23. The third-order valence-corrected chi connectivity index (χ3v) is 4.29. The quantitative estimate of drug-likeness (QED) is 0.810. The molecule has 6 heteroatoms. The number of rotatable bonds is 7. The lowest BCUT2D eigenvalue weighted by Gasteiger charge is -2.23. The molecule has 3 unspecified atom stereocenters. The minimum Gasteiger partial charge on any atom is -0.481 e. The molecule has 1 amide bonds. The number of aliphatic hydroxyl groups is 1. The minimum atomic E-state index is -0.628. The molecule has 0 aliphatic carbocycles. The smallest absolute Gasteiger partial charge is 0.261 e. The highest BCUT2D eigenvalue weighted by Gasteiger charge is 2.21. The van der Waals surface area contributed by atoms with Gasteiger partial charge in [-0.05, 0) is 38.3 Å². The van der Waals surface area contributed by atoms with Crippen LogP contribution < -0.4 is 10.1 Å². The van der Waals surface area contributed by atoms with Crippen molar-refractivity contribution in [3.05, 3.63) is 29.3 Å². The van der Waals surface area contributed by atoms with Crippen LogP contribution in [-0.4, -0.2) is 41.3 Å². The van der Waals surface area contributed by atoms with Gasteiger partial charge in [0.15, 0.2) is 6.10 Å². The molecule has 0 aliphatic heterocycles. The SMILES string of the molecule is CSC(CO)C(C)NC(=O)C(C)Oc1cccc(Cl)c1. The zero-order chi connectivity index (χ0) is 15.1. The third-order valence-electron chi connectivity index (χ3n) is 2.89. The van der Waals surface area contributed by atoms with Gasteiger partial charge in [-0.1, -0.05) is 17.7 Å². The van der Waals surface area contributed by atoms with Crippen LogP contribution in [-0.2, 0) is 4.79 Å². The number of benzene rings is 1. The number of halogens is 1. The highest BCUT2D eigenvalue weighted by molar-refractivity contribution is 7.99. The molecule has 0 spiro atoms. The predicted molar refractivity (Wildman–Crippen MR) is 83.5 cm³/mol. The van der Waals surface area contributed by atoms with Crippen LogP contribution in [0.5, 0.6) is 5.75 Å². The Morgan fingerprint density at radius 1 is 1.50 bits per heavy atom. The standard InChI is InChI=1S/C14H20ClNO3S/c1-9(13(8-17)20-3)16-14(18)10(2)19-12-6-4-5-11(15)7-12/h4-7,9-10,13,17H,8H2,1-3H3,(H,16,18). The van der Waals surface area contributed by atoms with Crippen molar-refractivity contribution in [3.8, 4) is 5.75 Å². The van der Waals surface area contributed by atoms with E-state index in [4.69, 9.17) is 16.3 Å². The Bertz CT molecular complexity index is 440. The molecule has 2 N–H and O–H groups in total. The van der Waals surface area contributed by atoms with Gasteiger partial charge in [0.25, 0.3) is 5.91 Å². The first-order chi connectivity index (χ1) is 9.47. The first-order valence-electron chi connectivity index (χ1n) is 6.34. The number of nitrogens with one attached hydrogen (secondary N) is 1. The van der Waals surface area contributed by atoms with Crippen LogP contribution >= 0.6 is 23.4 Å². The van der Waals surface area contributed by atoms with Gasteiger partial charge in [-0.15, -0.1) is 0 Å². The fourth-order valence-corrected chi connectivity index (χ4v) is 2.48. The van der Waals surface area contributed by atoms with Gasteiger partial charge in [-0.3, -0.25) is 4.79 Å². The van der Waals surface area contributed by atoms with E-state index in [0.717, 1.165) is 0 Å². The number of amides is 1. The van der Waals surface area contributed by atoms with E-state index in [-0.39, 0.29) is 23.8 Å². The maximum atomic E-state index is 12.0. The lowest BCUT2D eigenvalue weighted by Crippen LogP contribution is -2.46. The van der Waals surface area contributed by atoms with Crippen molar-refractivity contribution in [2.75, 3.05) is 12.9 Å². The summed E-state index contributed by atoms with van der Waals surface area (Å²) >= 11 is 7.37. The maximum absolute atomic E-state index is 12.0. The Hall–Kier alpha value is -0.910. The molecule has 1 rings (SSSR count). The molecule has 0 saturated heterocycles. The van der Waals surface area contributed by atoms with Crippen molar-refractivity contribution >= 4 is 29.3 Å². The Morgan fingerprint density at radius 2 is 2.20 bits per heavy atom. The number of carbonyl (C=O) groups excluding carboxylic acids is 1. The number of hydrogen-bond donors (Lipinski definition) is 2. The number of thioether (sulfide) groups is 1. The van der Waals surface area contributed by atoms with Gasteiger partial charge in [0.1, 0.15) is 5.75 Å². The van der Waals surface area contributed by atoms with Crippen LogP contribution in [0.3, 0.4) is 0 Å². The first-order valence-corrected chi connectivity index (χ1v) is 8.00. The van der Waals surface area contributed by atoms with Crippen molar-refractivity contribution < 1.29 is 14.6 Å². The molecule has 112 valence electrons. The fourth-order valence-electron chi connectivity index (χ4n) is 1.67. The topological polar surface area (TPSA) is 58.6 Å². The molecule has 0 fully saturated rings. The Kier molecular flexibility index (Phi) is 7.19. The molecular weight excluding hydrogens is 298 g/mol. The summed E-state index contributed by atoms with van der Waals surface area (Å²) < 4.78 is 5.54. The molecule has 0 heterocycles. The van der Waals surface area contributed by atoms with E-state index >= 15 is 0 Å². The second-order valence-corrected chi connectivity index (χ2v) is 5.98. The van der Waals surface area contributed by atoms with Crippen molar-refractivity contribution in [2.24, 2.45) is 0 Å². The summed E-state index contributed by atoms with van der Waals surface area (Å²) in [6, 6.07) is 6.78. The monoisotopic (exact) mass is 317 g/mol. The van der Waals surface area contributed by atoms with Gasteiger partial charge in [-0.25, -0.2) is 0 Å². The Balaban J connectivity index is 2.55. The molecule has 3 atom stereocenters. The number of ether oxygens (including phenoxy) is 1. The molecule has 20 heavy (non-hydrogen) atoms. The lowest BCUT2D eigenvalue weighted by atomic mass is 10.2. The van der Waals surface area contributed by atoms with Crippen molar-refractivity contribution in [1.82, 2.24) is 5.32 Å². The van der Waals surface area contributed by atoms with Gasteiger partial charge in [0.2, 0.25) is 0 Å². The van der Waals surface area contributed by atoms with Crippen molar-refractivity contribution in [2.45, 2.75) is 31.2 Å². The number of aliphatic hydroxyl groups excluding tert-OH is 1. The second kappa shape index (κ2) is 8.39. The van der Waals surface area contributed by atoms with Gasteiger partial charge in [0.05, 0.1) is 6.61 Å². The highest BCUT2D eigenvalue weighted by atomic mass is 35.5. The Labute approximate surface area is 128 Å². The molecular formula is C14H20ClNO3S. The molecule has 0 radical (unpaired) electrons. The molecule has 0 aromatic heterocycles. The molecule has 0 bridgehead atoms. The van der Waals surface area contributed by atoms with Gasteiger partial charge < -0.3 is 15.2 Å². The van der Waals surface area contributed by atoms with Crippen LogP contribution in [0.4, 0.5) is 0 Å². The van der Waals surface area contributed by atoms with Gasteiger partial charge >= 0.3 is 0 Å². The average Bonchev–Trinajstić information content (AvgIpc) is 2.40. The van der Waals surface area contributed by atoms with Crippen LogP contribution in [0.15, 0.2) is 24.3 Å². The molecule has 1 aromatic carbocycles. The predicted octanol–water partition coefficient (Wildman–Crippen LogP) is 2.34. The summed E-state index contributed by atoms with van der Waals surface area (Å²) in [4.78, 5) is 12.0. The van der Waals surface area contributed by atoms with Crippen LogP contribution in [0.1, 0.15) is 13.8 Å². The minimum absolute atomic E-state index is 0.0200. The van der Waals surface area contributed by atoms with E-state index in [1.807, 2.05) is 13.2 Å². The zero-order valence-electron chi connectivity index (χ0n) is 11.8. The van der Waals surface area contributed by atoms with E-state index in [1.165, 1.54) is 11.8 Å². The molecule has 0 aliphatic rings. The normalized spacial score (nSPS) is 15.2. The van der Waals surface area contributed by atoms with E-state index < -0.39 is 6.10 Å². The van der Waals surface area contributed by atoms with E-state index in [2.05, 4.69) is 5.32 Å². The van der Waals surface area contributed by atoms with Crippen LogP contribution in [0.25, 0.3) is 0 Å². The fraction of sp³-hybridized carbons (Fsp3) is 0.500. The summed E-state index contributed by atoms with van der Waals surface area (Å²) in [5, 5.41) is 12.6. The van der Waals surface area contributed by atoms with Crippen molar-refractivity contribution in [1.29, 1.82) is 0 Å². The number of carbonyl (C=O) groups is 1. The summed E-state index contributed by atoms with van der Waals surface area (Å²) in [5.74, 6) is 0.335. The van der Waals surface area contributed by atoms with E-state index in [1.54, 1.807) is 31.2 Å². The second-order valence-electron chi connectivity index (χ2n) is 4.47. The highest BCUT2D eigenvalue weighted by Crippen LogP contribution is 2.18. The summed E-state index contributed by atoms with van der Waals surface area (Å²) in [6.07, 6.45) is 1.27. The summed E-state index contributed by atoms with van der Waals surface area (Å²) in [6.45, 7) is 3.56. The number of hydrogen-bond acceptors (Lipinski definition) is 4. The van der Waals surface area contributed by atoms with E-state index in [0.29, 0.717) is 10.8 Å². The maximum Gasteiger partial charge on any atom is 0.261 e. The summed E-state index contributed by atoms with van der Waals surface area (Å²) in [5.41, 5.74) is 0. The van der Waals surface area contributed by atoms with Gasteiger partial charge in [0, 0.05) is 16.3 Å². The van der Waals surface area contributed by atoms with Crippen LogP contribution in [0.2, 0.25) is 5.02 Å².